The molecule has 8 nitrogen and oxygen atoms in total. The molecule has 0 saturated carbocycles. The monoisotopic (exact) mass is 475 g/mol. The third kappa shape index (κ3) is 5.31. The van der Waals surface area contributed by atoms with E-state index in [0.717, 1.165) is 4.68 Å². The zero-order valence-corrected chi connectivity index (χ0v) is 17.9. The summed E-state index contributed by atoms with van der Waals surface area (Å²) >= 11 is 0. The number of ether oxygens (including phenoxy) is 3. The first-order valence-corrected chi connectivity index (χ1v) is 10.1. The molecule has 0 aliphatic carbocycles. The maximum atomic E-state index is 12.8. The Bertz CT molecular complexity index is 1330. The summed E-state index contributed by atoms with van der Waals surface area (Å²) in [5.74, 6) is 0.638. The van der Waals surface area contributed by atoms with E-state index < -0.39 is 18.2 Å². The first-order chi connectivity index (χ1) is 16.2. The van der Waals surface area contributed by atoms with Crippen LogP contribution in [0.1, 0.15) is 0 Å². The number of benzene rings is 2. The van der Waals surface area contributed by atoms with Gasteiger partial charge < -0.3 is 19.3 Å². The molecule has 0 radical (unpaired) electrons. The lowest BCUT2D eigenvalue weighted by molar-refractivity contribution is -0.274. The number of hydrogen-bond acceptors (Lipinski definition) is 6. The molecule has 2 heterocycles. The summed E-state index contributed by atoms with van der Waals surface area (Å²) in [7, 11) is 1.51. The maximum Gasteiger partial charge on any atom is 0.573 e. The van der Waals surface area contributed by atoms with E-state index in [9.17, 15) is 23.1 Å². The molecule has 0 saturated heterocycles. The summed E-state index contributed by atoms with van der Waals surface area (Å²) in [6.07, 6.45) is -4.27. The molecule has 1 unspecified atom stereocenters. The van der Waals surface area contributed by atoms with E-state index in [-0.39, 0.29) is 18.9 Å². The van der Waals surface area contributed by atoms with Crippen molar-refractivity contribution in [2.75, 3.05) is 13.7 Å². The molecule has 178 valence electrons. The highest BCUT2D eigenvalue weighted by atomic mass is 19.4. The summed E-state index contributed by atoms with van der Waals surface area (Å²) in [4.78, 5) is 12.8. The molecule has 1 atom stereocenters. The highest BCUT2D eigenvalue weighted by molar-refractivity contribution is 5.65. The highest BCUT2D eigenvalue weighted by Gasteiger charge is 2.31. The molecular weight excluding hydrogens is 455 g/mol. The first kappa shape index (κ1) is 23.2. The molecule has 0 bridgehead atoms. The number of halogens is 3. The number of pyridine rings is 1. The molecule has 0 aliphatic rings. The van der Waals surface area contributed by atoms with Crippen molar-refractivity contribution >= 4 is 5.65 Å². The van der Waals surface area contributed by atoms with Crippen molar-refractivity contribution in [3.63, 3.8) is 0 Å². The lowest BCUT2D eigenvalue weighted by Crippen LogP contribution is -2.30. The third-order valence-corrected chi connectivity index (χ3v) is 4.88. The van der Waals surface area contributed by atoms with Crippen LogP contribution >= 0.6 is 0 Å². The molecule has 2 aromatic heterocycles. The van der Waals surface area contributed by atoms with Crippen LogP contribution in [0.4, 0.5) is 13.2 Å². The number of aliphatic hydroxyl groups is 1. The van der Waals surface area contributed by atoms with Gasteiger partial charge in [0.15, 0.2) is 17.1 Å². The molecule has 0 spiro atoms. The Hall–Kier alpha value is -3.99. The van der Waals surface area contributed by atoms with E-state index in [1.807, 2.05) is 0 Å². The molecule has 1 N–H and O–H groups in total. The van der Waals surface area contributed by atoms with Crippen molar-refractivity contribution in [3.8, 4) is 28.4 Å². The smallest absolute Gasteiger partial charge is 0.493 e. The van der Waals surface area contributed by atoms with E-state index in [1.165, 1.54) is 42.0 Å². The number of rotatable bonds is 8. The van der Waals surface area contributed by atoms with Crippen LogP contribution in [0.5, 0.6) is 17.2 Å². The number of alkyl halides is 3. The molecule has 0 fully saturated rings. The van der Waals surface area contributed by atoms with E-state index in [1.54, 1.807) is 36.4 Å². The fourth-order valence-corrected chi connectivity index (χ4v) is 3.33. The molecule has 0 aliphatic heterocycles. The zero-order valence-electron chi connectivity index (χ0n) is 17.9. The van der Waals surface area contributed by atoms with E-state index >= 15 is 0 Å². The minimum Gasteiger partial charge on any atom is -0.493 e. The van der Waals surface area contributed by atoms with Gasteiger partial charge in [-0.1, -0.05) is 24.3 Å². The van der Waals surface area contributed by atoms with Crippen molar-refractivity contribution in [2.24, 2.45) is 0 Å². The van der Waals surface area contributed by atoms with Crippen molar-refractivity contribution in [1.82, 2.24) is 14.2 Å². The number of aromatic nitrogens is 3. The summed E-state index contributed by atoms with van der Waals surface area (Å²) < 4.78 is 54.1. The topological polar surface area (TPSA) is 87.2 Å². The Morgan fingerprint density at radius 2 is 1.68 bits per heavy atom. The largest absolute Gasteiger partial charge is 0.573 e. The number of fused-ring (bicyclic) bond motifs is 1. The molecule has 2 aromatic carbocycles. The second-order valence-electron chi connectivity index (χ2n) is 7.30. The van der Waals surface area contributed by atoms with Gasteiger partial charge in [0.1, 0.15) is 18.5 Å². The van der Waals surface area contributed by atoms with Gasteiger partial charge in [-0.15, -0.1) is 18.3 Å². The lowest BCUT2D eigenvalue weighted by atomic mass is 10.1. The van der Waals surface area contributed by atoms with Crippen LogP contribution in [0.25, 0.3) is 16.8 Å². The zero-order chi connectivity index (χ0) is 24.3. The first-order valence-electron chi connectivity index (χ1n) is 10.1. The number of nitrogens with zero attached hydrogens (tertiary/aromatic N) is 3. The Kier molecular flexibility index (Phi) is 6.46. The molecule has 34 heavy (non-hydrogen) atoms. The lowest BCUT2D eigenvalue weighted by Gasteiger charge is -2.13. The van der Waals surface area contributed by atoms with Gasteiger partial charge in [0, 0.05) is 6.20 Å². The number of para-hydroxylation sites is 2. The Labute approximate surface area is 191 Å². The Morgan fingerprint density at radius 3 is 2.35 bits per heavy atom. The second kappa shape index (κ2) is 9.48. The molecule has 0 amide bonds. The van der Waals surface area contributed by atoms with Crippen LogP contribution in [0.3, 0.4) is 0 Å². The van der Waals surface area contributed by atoms with Crippen LogP contribution in [-0.4, -0.2) is 45.5 Å². The molecule has 4 aromatic rings. The van der Waals surface area contributed by atoms with Crippen LogP contribution in [-0.2, 0) is 6.54 Å². The predicted octanol–water partition coefficient (Wildman–Crippen LogP) is 3.51. The van der Waals surface area contributed by atoms with E-state index in [0.29, 0.717) is 28.3 Å². The normalized spacial score (nSPS) is 12.5. The van der Waals surface area contributed by atoms with Gasteiger partial charge in [-0.2, -0.15) is 0 Å². The maximum absolute atomic E-state index is 12.8. The van der Waals surface area contributed by atoms with Gasteiger partial charge in [-0.25, -0.2) is 13.9 Å². The van der Waals surface area contributed by atoms with Crippen molar-refractivity contribution in [3.05, 3.63) is 77.3 Å². The quantitative estimate of drug-likeness (QED) is 0.420. The highest BCUT2D eigenvalue weighted by Crippen LogP contribution is 2.27. The van der Waals surface area contributed by atoms with Crippen LogP contribution in [0.15, 0.2) is 71.7 Å². The number of hydrogen-bond donors (Lipinski definition) is 1. The minimum atomic E-state index is -4.77. The minimum absolute atomic E-state index is 0.0850. The Balaban J connectivity index is 1.48. The average molecular weight is 475 g/mol. The summed E-state index contributed by atoms with van der Waals surface area (Å²) in [6, 6.07) is 15.6. The van der Waals surface area contributed by atoms with Gasteiger partial charge in [-0.05, 0) is 47.5 Å². The van der Waals surface area contributed by atoms with Gasteiger partial charge in [0.25, 0.3) is 0 Å². The Morgan fingerprint density at radius 1 is 1.00 bits per heavy atom. The fourth-order valence-electron chi connectivity index (χ4n) is 3.33. The fraction of sp³-hybridized carbons (Fsp3) is 0.217. The van der Waals surface area contributed by atoms with Crippen molar-refractivity contribution in [2.45, 2.75) is 19.0 Å². The van der Waals surface area contributed by atoms with Gasteiger partial charge >= 0.3 is 12.1 Å². The second-order valence-corrected chi connectivity index (χ2v) is 7.30. The number of aliphatic hydroxyl groups excluding tert-OH is 1. The van der Waals surface area contributed by atoms with Crippen molar-refractivity contribution in [1.29, 1.82) is 0 Å². The van der Waals surface area contributed by atoms with Crippen LogP contribution in [0.2, 0.25) is 0 Å². The summed E-state index contributed by atoms with van der Waals surface area (Å²) in [6.45, 7) is -0.188. The number of methoxy groups -OCH3 is 1. The SMILES string of the molecule is COc1ccccc1OCC(O)Cn1nc2ccc(-c3ccc(OC(F)(F)F)cc3)cn2c1=O. The van der Waals surface area contributed by atoms with Gasteiger partial charge in [0.2, 0.25) is 0 Å². The molecule has 4 rings (SSSR count). The standard InChI is InChI=1S/C23H20F3N3O5/c1-32-19-4-2-3-5-20(19)33-14-17(30)13-29-22(31)28-12-16(8-11-21(28)27-29)15-6-9-18(10-7-15)34-23(24,25)26/h2-12,17,30H,13-14H2,1H3. The molecular formula is C23H20F3N3O5. The van der Waals surface area contributed by atoms with Gasteiger partial charge in [-0.3, -0.25) is 0 Å². The molecule has 11 heteroatoms. The summed E-state index contributed by atoms with van der Waals surface area (Å²) in [5.41, 5.74) is 1.04. The predicted molar refractivity (Wildman–Crippen MR) is 116 cm³/mol. The van der Waals surface area contributed by atoms with E-state index in [2.05, 4.69) is 9.84 Å². The summed E-state index contributed by atoms with van der Waals surface area (Å²) in [5, 5.41) is 14.6. The van der Waals surface area contributed by atoms with Crippen LogP contribution < -0.4 is 19.9 Å². The van der Waals surface area contributed by atoms with Crippen molar-refractivity contribution < 1.29 is 32.5 Å². The van der Waals surface area contributed by atoms with Gasteiger partial charge in [0.05, 0.1) is 13.7 Å². The van der Waals surface area contributed by atoms with E-state index in [4.69, 9.17) is 9.47 Å². The third-order valence-electron chi connectivity index (χ3n) is 4.88. The average Bonchev–Trinajstić information content (AvgIpc) is 3.12. The van der Waals surface area contributed by atoms with Crippen LogP contribution in [0, 0.1) is 0 Å².